The Hall–Kier alpha value is -2.69. The number of carbonyl (C=O) groups is 1. The summed E-state index contributed by atoms with van der Waals surface area (Å²) in [6, 6.07) is 0.848. The molecule has 1 aromatic heterocycles. The summed E-state index contributed by atoms with van der Waals surface area (Å²) in [5, 5.41) is 5.81. The van der Waals surface area contributed by atoms with Gasteiger partial charge in [-0.15, -0.1) is 6.20 Å². The average molecular weight is 777 g/mol. The number of allylic oxidation sites excluding steroid dienone is 2. The Morgan fingerprint density at radius 1 is 1.32 bits per heavy atom. The number of halogens is 2. The van der Waals surface area contributed by atoms with E-state index in [2.05, 4.69) is 50.6 Å². The fraction of sp³-hybridized carbons (Fsp3) is 0.429. The number of benzene rings is 1. The Balaban J connectivity index is 0.00000441. The minimum absolute atomic E-state index is 0. The molecule has 2 aromatic rings. The van der Waals surface area contributed by atoms with Crippen molar-refractivity contribution in [2.24, 2.45) is 0 Å². The topological polar surface area (TPSA) is 85.9 Å². The Labute approximate surface area is 257 Å². The molecule has 0 spiro atoms. The van der Waals surface area contributed by atoms with Crippen LogP contribution in [0.3, 0.4) is 0 Å². The summed E-state index contributed by atoms with van der Waals surface area (Å²) in [6.07, 6.45) is 7.89. The first-order valence-electron chi connectivity index (χ1n) is 13.0. The Morgan fingerprint density at radius 3 is 2.75 bits per heavy atom. The van der Waals surface area contributed by atoms with E-state index in [1.807, 2.05) is 19.9 Å². The third kappa shape index (κ3) is 7.53. The van der Waals surface area contributed by atoms with Gasteiger partial charge in [0.15, 0.2) is 17.4 Å². The van der Waals surface area contributed by atoms with Crippen LogP contribution >= 0.6 is 0 Å². The normalized spacial score (nSPS) is 17.8. The van der Waals surface area contributed by atoms with Gasteiger partial charge in [0.1, 0.15) is 6.33 Å². The third-order valence-electron chi connectivity index (χ3n) is 6.85. The van der Waals surface area contributed by atoms with Crippen LogP contribution in [0.4, 0.5) is 20.3 Å². The molecule has 1 unspecified atom stereocenters. The van der Waals surface area contributed by atoms with Crippen molar-refractivity contribution in [2.75, 3.05) is 64.0 Å². The number of anilines is 2. The fourth-order valence-electron chi connectivity index (χ4n) is 4.47. The van der Waals surface area contributed by atoms with Gasteiger partial charge in [0.25, 0.3) is 0 Å². The molecule has 12 heteroatoms. The standard InChI is InChI=1S/C28H35F2N7O2.Np/c1-6-36(5)28(38)23-26(31-9-7-8-18(2)16-37-12-10-35(4)11-13-37)32-17-33-27(23)39-22-15-21(29)25-20(24(22)30)14-19(3)34-25;/h7-8,15,17,19,34H,2,6,10-14,16H2,1,3-5H3,(H,31,32,33);/q-2;. The minimum atomic E-state index is -0.696. The Bertz CT molecular complexity index is 1270. The number of rotatable bonds is 9. The van der Waals surface area contributed by atoms with E-state index in [1.54, 1.807) is 13.1 Å². The first kappa shape index (κ1) is 31.8. The van der Waals surface area contributed by atoms with E-state index in [4.69, 9.17) is 4.74 Å². The van der Waals surface area contributed by atoms with Crippen molar-refractivity contribution in [2.45, 2.75) is 26.3 Å². The summed E-state index contributed by atoms with van der Waals surface area (Å²) in [5.74, 6) is -2.21. The molecular weight excluding hydrogens is 741 g/mol. The minimum Gasteiger partial charge on any atom is -0.452 e. The van der Waals surface area contributed by atoms with E-state index in [-0.39, 0.29) is 70.2 Å². The zero-order chi connectivity index (χ0) is 28.1. The van der Waals surface area contributed by atoms with Gasteiger partial charge >= 0.3 is 0 Å². The summed E-state index contributed by atoms with van der Waals surface area (Å²) in [5.41, 5.74) is 1.22. The van der Waals surface area contributed by atoms with Crippen molar-refractivity contribution < 1.29 is 48.3 Å². The summed E-state index contributed by atoms with van der Waals surface area (Å²) in [7, 11) is 3.72. The van der Waals surface area contributed by atoms with Crippen LogP contribution in [0, 0.1) is 54.7 Å². The maximum absolute atomic E-state index is 15.3. The quantitative estimate of drug-likeness (QED) is 0.227. The molecule has 3 heterocycles. The molecule has 1 atom stereocenters. The van der Waals surface area contributed by atoms with Crippen LogP contribution in [0.5, 0.6) is 11.6 Å². The van der Waals surface area contributed by atoms with Gasteiger partial charge in [-0.05, 0) is 33.9 Å². The second-order valence-electron chi connectivity index (χ2n) is 9.94. The predicted octanol–water partition coefficient (Wildman–Crippen LogP) is 3.73. The van der Waals surface area contributed by atoms with Crippen molar-refractivity contribution in [3.05, 3.63) is 66.0 Å². The molecule has 40 heavy (non-hydrogen) atoms. The molecular formula is C28H35F2N7NpO2-2. The van der Waals surface area contributed by atoms with Crippen LogP contribution in [0.25, 0.3) is 0 Å². The number of hydrogen-bond acceptors (Lipinski definition) is 8. The number of carbonyl (C=O) groups excluding carboxylic acids is 1. The van der Waals surface area contributed by atoms with Crippen LogP contribution < -0.4 is 15.4 Å². The summed E-state index contributed by atoms with van der Waals surface area (Å²) in [4.78, 5) is 27.6. The number of piperazine rings is 1. The molecule has 1 fully saturated rings. The average Bonchev–Trinajstić information content (AvgIpc) is 3.32. The molecule has 0 saturated carbocycles. The summed E-state index contributed by atoms with van der Waals surface area (Å²) >= 11 is 0. The molecule has 2 aliphatic rings. The molecule has 1 radical (unpaired) electrons. The number of aromatic nitrogens is 2. The van der Waals surface area contributed by atoms with Crippen LogP contribution in [0.15, 0.2) is 30.1 Å². The number of nitrogens with zero attached hydrogens (tertiary/aromatic N) is 5. The second-order valence-corrected chi connectivity index (χ2v) is 9.94. The van der Waals surface area contributed by atoms with Crippen molar-refractivity contribution in [3.63, 3.8) is 0 Å². The first-order chi connectivity index (χ1) is 18.7. The van der Waals surface area contributed by atoms with Crippen molar-refractivity contribution in [1.29, 1.82) is 0 Å². The largest absolute Gasteiger partial charge is 0.452 e. The third-order valence-corrected chi connectivity index (χ3v) is 6.85. The van der Waals surface area contributed by atoms with Crippen LogP contribution in [0.2, 0.25) is 0 Å². The molecule has 1 saturated heterocycles. The summed E-state index contributed by atoms with van der Waals surface area (Å²) in [6.45, 7) is 12.9. The number of ether oxygens (including phenoxy) is 1. The van der Waals surface area contributed by atoms with E-state index in [0.717, 1.165) is 44.4 Å². The molecule has 2 aliphatic heterocycles. The monoisotopic (exact) mass is 775 g/mol. The van der Waals surface area contributed by atoms with Gasteiger partial charge in [0.2, 0.25) is 11.8 Å². The van der Waals surface area contributed by atoms with E-state index < -0.39 is 17.5 Å². The van der Waals surface area contributed by atoms with Gasteiger partial charge in [-0.3, -0.25) is 14.7 Å². The Morgan fingerprint density at radius 2 is 2.05 bits per heavy atom. The number of amides is 1. The van der Waals surface area contributed by atoms with Gasteiger partial charge in [0.05, 0.1) is 17.1 Å². The number of fused-ring (bicyclic) bond motifs is 1. The molecule has 0 aliphatic carbocycles. The number of likely N-dealkylation sites (N-methyl/N-ethyl adjacent to an activating group) is 1. The molecule has 0 bridgehead atoms. The number of nitrogens with one attached hydrogen (secondary N) is 2. The van der Waals surface area contributed by atoms with Gasteiger partial charge in [-0.1, -0.05) is 0 Å². The fourth-order valence-corrected chi connectivity index (χ4v) is 4.47. The molecule has 4 rings (SSSR count). The first-order valence-corrected chi connectivity index (χ1v) is 13.0. The van der Waals surface area contributed by atoms with Crippen LogP contribution in [-0.2, 0) is 6.42 Å². The van der Waals surface area contributed by atoms with Crippen molar-refractivity contribution >= 4 is 17.4 Å². The smallest absolute Gasteiger partial charge is 0.250 e. The van der Waals surface area contributed by atoms with Gasteiger partial charge in [-0.25, -0.2) is 20.7 Å². The van der Waals surface area contributed by atoms with Gasteiger partial charge in [-0.2, -0.15) is 17.7 Å². The van der Waals surface area contributed by atoms with E-state index in [0.29, 0.717) is 13.0 Å². The molecule has 215 valence electrons. The van der Waals surface area contributed by atoms with Gasteiger partial charge in [0, 0.05) is 87.4 Å². The second kappa shape index (κ2) is 14.3. The molecule has 1 aromatic carbocycles. The van der Waals surface area contributed by atoms with Crippen molar-refractivity contribution in [1.82, 2.24) is 24.7 Å². The number of hydrogen-bond donors (Lipinski definition) is 2. The maximum Gasteiger partial charge on any atom is 0.250 e. The van der Waals surface area contributed by atoms with Crippen molar-refractivity contribution in [3.8, 4) is 11.6 Å². The van der Waals surface area contributed by atoms with E-state index in [1.165, 1.54) is 11.2 Å². The zero-order valence-corrected chi connectivity index (χ0v) is 27.0. The molecule has 9 nitrogen and oxygen atoms in total. The van der Waals surface area contributed by atoms with Crippen LogP contribution in [-0.4, -0.2) is 90.0 Å². The Kier molecular flexibility index (Phi) is 11.4. The van der Waals surface area contributed by atoms with Crippen LogP contribution in [0.1, 0.15) is 29.8 Å². The predicted molar refractivity (Wildman–Crippen MR) is 147 cm³/mol. The van der Waals surface area contributed by atoms with E-state index >= 15 is 4.39 Å². The maximum atomic E-state index is 15.3. The molecule has 2 N–H and O–H groups in total. The zero-order valence-electron chi connectivity index (χ0n) is 23.3. The van der Waals surface area contributed by atoms with E-state index in [9.17, 15) is 9.18 Å². The van der Waals surface area contributed by atoms with Gasteiger partial charge < -0.3 is 25.2 Å². The molecule has 1 amide bonds. The SMILES string of the molecule is [CH2-]C(=CC=[C-]Nc1ncnc(Oc2cc(F)c3c(c2F)CC(C)N3)c1C(=O)N(C)CC)CN1CCN(C)CC1.[Np]. The summed E-state index contributed by atoms with van der Waals surface area (Å²) < 4.78 is 35.7.